The second kappa shape index (κ2) is 10.9. The van der Waals surface area contributed by atoms with Crippen molar-refractivity contribution in [2.24, 2.45) is 0 Å². The molecule has 184 valence electrons. The Kier molecular flexibility index (Phi) is 7.25. The number of nitrogens with zero attached hydrogens (tertiary/aromatic N) is 1. The van der Waals surface area contributed by atoms with Crippen molar-refractivity contribution < 1.29 is 23.9 Å². The quantitative estimate of drug-likeness (QED) is 0.148. The van der Waals surface area contributed by atoms with Gasteiger partial charge in [0, 0.05) is 0 Å². The Morgan fingerprint density at radius 1 is 0.892 bits per heavy atom. The number of rotatable bonds is 7. The average Bonchev–Trinajstić information content (AvgIpc) is 3.17. The molecule has 0 atom stereocenters. The molecule has 5 rings (SSSR count). The lowest BCUT2D eigenvalue weighted by atomic mass is 10.0. The summed E-state index contributed by atoms with van der Waals surface area (Å²) in [5, 5.41) is 1.87. The van der Waals surface area contributed by atoms with Gasteiger partial charge in [0.05, 0.1) is 22.0 Å². The van der Waals surface area contributed by atoms with Crippen LogP contribution in [0.5, 0.6) is 11.5 Å². The molecule has 4 aromatic carbocycles. The van der Waals surface area contributed by atoms with Crippen molar-refractivity contribution in [1.82, 2.24) is 4.90 Å². The molecule has 0 radical (unpaired) electrons. The molecule has 4 aromatic rings. The number of imide groups is 1. The summed E-state index contributed by atoms with van der Waals surface area (Å²) in [6, 6.07) is 26.8. The summed E-state index contributed by atoms with van der Waals surface area (Å²) in [6.45, 7) is 0.238. The van der Waals surface area contributed by atoms with E-state index in [4.69, 9.17) is 21.1 Å². The van der Waals surface area contributed by atoms with Crippen LogP contribution in [0.4, 0.5) is 4.79 Å². The fourth-order valence-corrected chi connectivity index (χ4v) is 4.91. The van der Waals surface area contributed by atoms with Crippen LogP contribution >= 0.6 is 23.4 Å². The van der Waals surface area contributed by atoms with Crippen LogP contribution in [0, 0.1) is 0 Å². The van der Waals surface area contributed by atoms with Crippen LogP contribution in [0.3, 0.4) is 0 Å². The van der Waals surface area contributed by atoms with Gasteiger partial charge in [-0.25, -0.2) is 4.79 Å². The van der Waals surface area contributed by atoms with E-state index in [1.54, 1.807) is 60.7 Å². The Balaban J connectivity index is 1.22. The minimum atomic E-state index is -0.454. The number of fused-ring (bicyclic) bond motifs is 1. The van der Waals surface area contributed by atoms with Crippen molar-refractivity contribution in [1.29, 1.82) is 0 Å². The maximum Gasteiger partial charge on any atom is 0.344 e. The van der Waals surface area contributed by atoms with Crippen LogP contribution in [0.1, 0.15) is 15.9 Å². The van der Waals surface area contributed by atoms with Crippen LogP contribution in [0.25, 0.3) is 16.8 Å². The van der Waals surface area contributed by atoms with E-state index in [-0.39, 0.29) is 24.3 Å². The monoisotopic (exact) mass is 529 g/mol. The lowest BCUT2D eigenvalue weighted by Gasteiger charge is -2.13. The first-order chi connectivity index (χ1) is 18.0. The summed E-state index contributed by atoms with van der Waals surface area (Å²) in [7, 11) is 0. The van der Waals surface area contributed by atoms with Gasteiger partial charge in [-0.05, 0) is 64.5 Å². The number of esters is 1. The number of carbonyl (C=O) groups is 3. The smallest absolute Gasteiger partial charge is 0.344 e. The molecule has 8 heteroatoms. The molecule has 0 unspecified atom stereocenters. The number of thioether (sulfide) groups is 1. The van der Waals surface area contributed by atoms with Crippen molar-refractivity contribution in [2.45, 2.75) is 0 Å². The van der Waals surface area contributed by atoms with E-state index in [0.717, 1.165) is 27.4 Å². The minimum absolute atomic E-state index is 0.107. The molecule has 1 heterocycles. The zero-order valence-corrected chi connectivity index (χ0v) is 21.0. The van der Waals surface area contributed by atoms with Crippen molar-refractivity contribution >= 4 is 57.3 Å². The third kappa shape index (κ3) is 5.53. The Morgan fingerprint density at radius 3 is 2.43 bits per heavy atom. The van der Waals surface area contributed by atoms with Crippen LogP contribution in [0.15, 0.2) is 95.9 Å². The Bertz CT molecular complexity index is 1530. The number of ether oxygens (including phenoxy) is 2. The van der Waals surface area contributed by atoms with E-state index in [9.17, 15) is 14.4 Å². The van der Waals surface area contributed by atoms with Gasteiger partial charge in [-0.15, -0.1) is 0 Å². The highest BCUT2D eigenvalue weighted by molar-refractivity contribution is 8.18. The molecule has 0 spiro atoms. The Morgan fingerprint density at radius 2 is 1.62 bits per heavy atom. The molecule has 0 aromatic heterocycles. The van der Waals surface area contributed by atoms with Gasteiger partial charge in [0.15, 0.2) is 0 Å². The molecule has 1 saturated heterocycles. The Labute approximate surface area is 222 Å². The second-order valence-electron chi connectivity index (χ2n) is 8.10. The number of carbonyl (C=O) groups excluding carboxylic acids is 3. The van der Waals surface area contributed by atoms with Crippen LogP contribution in [-0.2, 0) is 4.79 Å². The topological polar surface area (TPSA) is 72.9 Å². The maximum absolute atomic E-state index is 12.8. The minimum Gasteiger partial charge on any atom is -0.490 e. The fourth-order valence-electron chi connectivity index (χ4n) is 3.85. The molecule has 2 amide bonds. The Hall–Kier alpha value is -4.07. The third-order valence-corrected chi connectivity index (χ3v) is 6.90. The number of benzene rings is 4. The molecule has 1 fully saturated rings. The predicted octanol–water partition coefficient (Wildman–Crippen LogP) is 6.83. The van der Waals surface area contributed by atoms with Crippen molar-refractivity contribution in [3.63, 3.8) is 0 Å². The van der Waals surface area contributed by atoms with Crippen LogP contribution in [0.2, 0.25) is 5.02 Å². The lowest BCUT2D eigenvalue weighted by Crippen LogP contribution is -2.32. The highest BCUT2D eigenvalue weighted by atomic mass is 35.5. The zero-order chi connectivity index (χ0) is 25.8. The van der Waals surface area contributed by atoms with Gasteiger partial charge in [-0.3, -0.25) is 14.5 Å². The first-order valence-corrected chi connectivity index (χ1v) is 12.6. The fraction of sp³-hybridized carbons (Fsp3) is 0.0690. The van der Waals surface area contributed by atoms with Gasteiger partial charge < -0.3 is 9.47 Å². The van der Waals surface area contributed by atoms with E-state index in [1.807, 2.05) is 36.4 Å². The molecule has 0 bridgehead atoms. The molecule has 1 aliphatic rings. The maximum atomic E-state index is 12.8. The van der Waals surface area contributed by atoms with Gasteiger partial charge in [0.25, 0.3) is 11.1 Å². The third-order valence-electron chi connectivity index (χ3n) is 5.68. The first kappa shape index (κ1) is 24.6. The summed E-state index contributed by atoms with van der Waals surface area (Å²) >= 11 is 6.94. The highest BCUT2D eigenvalue weighted by Gasteiger charge is 2.34. The lowest BCUT2D eigenvalue weighted by molar-refractivity contribution is -0.123. The van der Waals surface area contributed by atoms with E-state index < -0.39 is 5.97 Å². The second-order valence-corrected chi connectivity index (χ2v) is 9.50. The van der Waals surface area contributed by atoms with Crippen molar-refractivity contribution in [3.8, 4) is 11.5 Å². The summed E-state index contributed by atoms with van der Waals surface area (Å²) in [5.41, 5.74) is 1.18. The average molecular weight is 530 g/mol. The molecule has 0 aliphatic carbocycles. The number of halogens is 1. The first-order valence-electron chi connectivity index (χ1n) is 11.4. The summed E-state index contributed by atoms with van der Waals surface area (Å²) in [6.07, 6.45) is 1.64. The zero-order valence-electron chi connectivity index (χ0n) is 19.4. The van der Waals surface area contributed by atoms with Gasteiger partial charge >= 0.3 is 5.97 Å². The normalized spacial score (nSPS) is 14.4. The van der Waals surface area contributed by atoms with Crippen molar-refractivity contribution in [2.75, 3.05) is 13.2 Å². The predicted molar refractivity (Wildman–Crippen MR) is 145 cm³/mol. The molecular formula is C29H20ClNO5S. The summed E-state index contributed by atoms with van der Waals surface area (Å²) in [4.78, 5) is 39.4. The highest BCUT2D eigenvalue weighted by Crippen LogP contribution is 2.32. The van der Waals surface area contributed by atoms with Crippen molar-refractivity contribution in [3.05, 3.63) is 112 Å². The SMILES string of the molecule is O=C(Oc1ccc(/C=C2\SC(=O)N(CCOc3ccccc3Cl)C2=O)cc1)c1cccc2ccccc12. The molecular weight excluding hydrogens is 510 g/mol. The molecule has 1 aliphatic heterocycles. The molecule has 0 N–H and O–H groups in total. The van der Waals surface area contributed by atoms with E-state index in [1.165, 1.54) is 0 Å². The molecule has 0 saturated carbocycles. The van der Waals surface area contributed by atoms with E-state index >= 15 is 0 Å². The van der Waals surface area contributed by atoms with Gasteiger partial charge in [0.2, 0.25) is 0 Å². The van der Waals surface area contributed by atoms with Crippen LogP contribution < -0.4 is 9.47 Å². The van der Waals surface area contributed by atoms with Gasteiger partial charge in [-0.1, -0.05) is 72.3 Å². The number of amides is 2. The summed E-state index contributed by atoms with van der Waals surface area (Å²) < 4.78 is 11.2. The van der Waals surface area contributed by atoms with Gasteiger partial charge in [-0.2, -0.15) is 0 Å². The number of para-hydroxylation sites is 1. The van der Waals surface area contributed by atoms with Gasteiger partial charge in [0.1, 0.15) is 18.1 Å². The standard InChI is InChI=1S/C29H20ClNO5S/c30-24-10-3-4-11-25(24)35-17-16-31-27(32)26(37-29(31)34)18-19-12-14-21(15-13-19)36-28(33)23-9-5-7-20-6-1-2-8-22(20)23/h1-15,18H,16-17H2/b26-18-. The van der Waals surface area contributed by atoms with E-state index in [2.05, 4.69) is 0 Å². The number of hydrogen-bond acceptors (Lipinski definition) is 6. The number of hydrogen-bond donors (Lipinski definition) is 0. The van der Waals surface area contributed by atoms with Crippen LogP contribution in [-0.4, -0.2) is 35.2 Å². The largest absolute Gasteiger partial charge is 0.490 e. The van der Waals surface area contributed by atoms with E-state index in [0.29, 0.717) is 32.6 Å². The molecule has 6 nitrogen and oxygen atoms in total. The summed E-state index contributed by atoms with van der Waals surface area (Å²) in [5.74, 6) is 0.0294. The molecule has 37 heavy (non-hydrogen) atoms.